The quantitative estimate of drug-likeness (QED) is 0.673. The summed E-state index contributed by atoms with van der Waals surface area (Å²) in [4.78, 5) is 0. The molecular weight excluding hydrogens is 276 g/mol. The molecule has 1 radical (unpaired) electrons. The van der Waals surface area contributed by atoms with Crippen LogP contribution >= 0.6 is 0 Å². The summed E-state index contributed by atoms with van der Waals surface area (Å²) in [5, 5.41) is 2.07. The molecule has 0 aromatic heterocycles. The molecule has 0 saturated carbocycles. The van der Waals surface area contributed by atoms with E-state index in [2.05, 4.69) is 6.07 Å². The van der Waals surface area contributed by atoms with E-state index < -0.39 is 0 Å². The Hall–Kier alpha value is -2.68. The highest BCUT2D eigenvalue weighted by Crippen LogP contribution is 2.35. The predicted molar refractivity (Wildman–Crippen MR) is 87.0 cm³/mol. The highest BCUT2D eigenvalue weighted by molar-refractivity contribution is 5.85. The van der Waals surface area contributed by atoms with Crippen molar-refractivity contribution in [2.45, 2.75) is 6.92 Å². The van der Waals surface area contributed by atoms with Gasteiger partial charge in [-0.1, -0.05) is 24.3 Å². The fraction of sp³-hybridized carbons (Fsp3) is 0.158. The first-order valence-electron chi connectivity index (χ1n) is 7.20. The topological polar surface area (TPSA) is 27.7 Å². The van der Waals surface area contributed by atoms with E-state index in [0.717, 1.165) is 22.3 Å². The lowest BCUT2D eigenvalue weighted by Crippen LogP contribution is -1.95. The van der Waals surface area contributed by atoms with Crippen molar-refractivity contribution in [1.29, 1.82) is 0 Å². The molecule has 0 heterocycles. The van der Waals surface area contributed by atoms with Gasteiger partial charge in [-0.3, -0.25) is 0 Å². The Morgan fingerprint density at radius 3 is 2.41 bits per heavy atom. The fourth-order valence-corrected chi connectivity index (χ4v) is 2.23. The van der Waals surface area contributed by atoms with Crippen molar-refractivity contribution in [2.24, 2.45) is 0 Å². The Bertz CT molecular complexity index is 763. The van der Waals surface area contributed by atoms with Crippen LogP contribution < -0.4 is 14.2 Å². The third kappa shape index (κ3) is 2.98. The second kappa shape index (κ2) is 6.39. The summed E-state index contributed by atoms with van der Waals surface area (Å²) in [7, 11) is 1.64. The lowest BCUT2D eigenvalue weighted by molar-refractivity contribution is 0.321. The number of hydrogen-bond donors (Lipinski definition) is 0. The van der Waals surface area contributed by atoms with E-state index >= 15 is 0 Å². The Morgan fingerprint density at radius 1 is 0.955 bits per heavy atom. The second-order valence-electron chi connectivity index (χ2n) is 4.76. The van der Waals surface area contributed by atoms with E-state index in [0.29, 0.717) is 18.1 Å². The van der Waals surface area contributed by atoms with E-state index in [9.17, 15) is 0 Å². The summed E-state index contributed by atoms with van der Waals surface area (Å²) in [6.07, 6.45) is 0. The smallest absolute Gasteiger partial charge is 0.170 e. The first kappa shape index (κ1) is 14.3. The monoisotopic (exact) mass is 293 g/mol. The minimum atomic E-state index is 0.563. The number of fused-ring (bicyclic) bond motifs is 1. The molecule has 0 bridgehead atoms. The molecule has 3 rings (SSSR count). The number of ether oxygens (including phenoxy) is 3. The molecule has 3 aromatic rings. The Labute approximate surface area is 130 Å². The zero-order valence-corrected chi connectivity index (χ0v) is 12.6. The van der Waals surface area contributed by atoms with Crippen molar-refractivity contribution in [3.63, 3.8) is 0 Å². The van der Waals surface area contributed by atoms with Gasteiger partial charge in [-0.2, -0.15) is 0 Å². The second-order valence-corrected chi connectivity index (χ2v) is 4.76. The average Bonchev–Trinajstić information content (AvgIpc) is 2.56. The first-order valence-corrected chi connectivity index (χ1v) is 7.20. The summed E-state index contributed by atoms with van der Waals surface area (Å²) < 4.78 is 16.8. The lowest BCUT2D eigenvalue weighted by Gasteiger charge is -2.13. The molecule has 0 N–H and O–H groups in total. The lowest BCUT2D eigenvalue weighted by atomic mass is 10.1. The summed E-state index contributed by atoms with van der Waals surface area (Å²) >= 11 is 0. The van der Waals surface area contributed by atoms with Gasteiger partial charge in [-0.25, -0.2) is 0 Å². The number of rotatable bonds is 5. The van der Waals surface area contributed by atoms with Gasteiger partial charge in [-0.05, 0) is 48.0 Å². The molecule has 0 saturated heterocycles. The van der Waals surface area contributed by atoms with Gasteiger partial charge in [0.15, 0.2) is 11.5 Å². The molecule has 3 aromatic carbocycles. The van der Waals surface area contributed by atoms with Gasteiger partial charge in [0.05, 0.1) is 13.7 Å². The molecule has 0 atom stereocenters. The molecule has 22 heavy (non-hydrogen) atoms. The van der Waals surface area contributed by atoms with E-state index in [1.54, 1.807) is 7.11 Å². The Morgan fingerprint density at radius 2 is 1.68 bits per heavy atom. The maximum Gasteiger partial charge on any atom is 0.170 e. The number of benzene rings is 3. The molecular formula is C19H17O3. The molecule has 3 heteroatoms. The Kier molecular flexibility index (Phi) is 4.15. The molecule has 0 unspecified atom stereocenters. The molecule has 0 fully saturated rings. The van der Waals surface area contributed by atoms with Crippen LogP contribution in [0.1, 0.15) is 6.92 Å². The molecule has 0 aliphatic carbocycles. The average molecular weight is 293 g/mol. The summed E-state index contributed by atoms with van der Waals surface area (Å²) in [5.74, 6) is 2.80. The molecule has 0 aliphatic rings. The van der Waals surface area contributed by atoms with Crippen LogP contribution in [0.15, 0.2) is 54.6 Å². The Balaban J connectivity index is 1.97. The fourth-order valence-electron chi connectivity index (χ4n) is 2.23. The van der Waals surface area contributed by atoms with Crippen LogP contribution in [0.2, 0.25) is 0 Å². The molecule has 3 nitrogen and oxygen atoms in total. The van der Waals surface area contributed by atoms with Gasteiger partial charge in [0.2, 0.25) is 0 Å². The minimum absolute atomic E-state index is 0.563. The van der Waals surface area contributed by atoms with Gasteiger partial charge in [0.25, 0.3) is 0 Å². The highest BCUT2D eigenvalue weighted by Gasteiger charge is 2.09. The van der Waals surface area contributed by atoms with Crippen molar-refractivity contribution in [3.8, 4) is 23.0 Å². The van der Waals surface area contributed by atoms with E-state index in [1.807, 2.05) is 61.5 Å². The van der Waals surface area contributed by atoms with Gasteiger partial charge in [0.1, 0.15) is 11.5 Å². The summed E-state index contributed by atoms with van der Waals surface area (Å²) in [6, 6.07) is 20.7. The minimum Gasteiger partial charge on any atom is -0.497 e. The van der Waals surface area contributed by atoms with Gasteiger partial charge < -0.3 is 14.2 Å². The van der Waals surface area contributed by atoms with E-state index in [4.69, 9.17) is 14.2 Å². The molecule has 0 aliphatic heterocycles. The van der Waals surface area contributed by atoms with Crippen LogP contribution in [0.5, 0.6) is 23.0 Å². The number of hydrogen-bond acceptors (Lipinski definition) is 3. The molecule has 0 amide bonds. The first-order chi connectivity index (χ1) is 10.8. The van der Waals surface area contributed by atoms with Crippen LogP contribution in [0.25, 0.3) is 10.8 Å². The van der Waals surface area contributed by atoms with Crippen molar-refractivity contribution in [1.82, 2.24) is 0 Å². The third-order valence-electron chi connectivity index (χ3n) is 3.30. The van der Waals surface area contributed by atoms with Crippen molar-refractivity contribution < 1.29 is 14.2 Å². The zero-order valence-electron chi connectivity index (χ0n) is 12.6. The number of methoxy groups -OCH3 is 1. The summed E-state index contributed by atoms with van der Waals surface area (Å²) in [6.45, 7) is 2.51. The third-order valence-corrected chi connectivity index (χ3v) is 3.30. The van der Waals surface area contributed by atoms with Gasteiger partial charge in [-0.15, -0.1) is 0 Å². The predicted octanol–water partition coefficient (Wildman–Crippen LogP) is 4.84. The van der Waals surface area contributed by atoms with Crippen molar-refractivity contribution in [3.05, 3.63) is 60.7 Å². The van der Waals surface area contributed by atoms with E-state index in [1.165, 1.54) is 0 Å². The molecule has 0 spiro atoms. The van der Waals surface area contributed by atoms with E-state index in [-0.39, 0.29) is 0 Å². The van der Waals surface area contributed by atoms with Gasteiger partial charge in [0, 0.05) is 6.07 Å². The maximum absolute atomic E-state index is 5.96. The van der Waals surface area contributed by atoms with Crippen LogP contribution in [0.4, 0.5) is 0 Å². The van der Waals surface area contributed by atoms with Crippen molar-refractivity contribution in [2.75, 3.05) is 13.7 Å². The normalized spacial score (nSPS) is 10.5. The highest BCUT2D eigenvalue weighted by atomic mass is 16.5. The zero-order chi connectivity index (χ0) is 15.4. The van der Waals surface area contributed by atoms with Crippen LogP contribution in [-0.4, -0.2) is 13.7 Å². The largest absolute Gasteiger partial charge is 0.497 e. The SMILES string of the molecule is CCOc1[c]c2ccccc2cc1Oc1ccc(OC)cc1. The van der Waals surface area contributed by atoms with Crippen LogP contribution in [0, 0.1) is 6.07 Å². The standard InChI is InChI=1S/C19H17O3/c1-3-21-18-12-14-6-4-5-7-15(14)13-19(18)22-17-10-8-16(20-2)9-11-17/h4-11,13H,3H2,1-2H3. The van der Waals surface area contributed by atoms with Gasteiger partial charge >= 0.3 is 0 Å². The van der Waals surface area contributed by atoms with Crippen molar-refractivity contribution >= 4 is 10.8 Å². The maximum atomic E-state index is 5.96. The van der Waals surface area contributed by atoms with Crippen LogP contribution in [-0.2, 0) is 0 Å². The molecule has 111 valence electrons. The summed E-state index contributed by atoms with van der Waals surface area (Å²) in [5.41, 5.74) is 0. The van der Waals surface area contributed by atoms with Crippen LogP contribution in [0.3, 0.4) is 0 Å².